The average Bonchev–Trinajstić information content (AvgIpc) is 3.53. The van der Waals surface area contributed by atoms with Crippen LogP contribution in [-0.4, -0.2) is 36.6 Å². The molecule has 5 rings (SSSR count). The van der Waals surface area contributed by atoms with Crippen LogP contribution in [0.25, 0.3) is 0 Å². The molecule has 2 spiro atoms. The standard InChI is InChI=1S/C22H42O2.C20H36O2S.2C4H10.2C2H6/c1-19(2,3)17-9-13-21(23-7,14-10-17)22(24-8)15-11-18(12-16-22)20(4,5)6;1-17(2,3)15-7-11-19(12-8-15)20(22-23-21-19)13-9-16(10-14-20)18(4,5)6;2*1-3-4-2;2*1-2/h17-18H,9-16H2,1-8H3;15-16H,7-14H2,1-6H3;2*3-4H2,1-2H3;2*1-2H3. The molecule has 4 nitrogen and oxygen atoms in total. The molecule has 59 heavy (non-hydrogen) atoms. The summed E-state index contributed by atoms with van der Waals surface area (Å²) < 4.78 is 25.0. The predicted octanol–water partition coefficient (Wildman–Crippen LogP) is 18.4. The Morgan fingerprint density at radius 3 is 0.729 bits per heavy atom. The molecule has 5 fully saturated rings. The molecule has 0 radical (unpaired) electrons. The van der Waals surface area contributed by atoms with E-state index >= 15 is 0 Å². The van der Waals surface area contributed by atoms with Crippen molar-refractivity contribution in [2.75, 3.05) is 14.2 Å². The van der Waals surface area contributed by atoms with E-state index in [1.54, 1.807) is 0 Å². The fraction of sp³-hybridized carbons (Fsp3) is 1.00. The first-order valence-corrected chi connectivity index (χ1v) is 26.2. The van der Waals surface area contributed by atoms with Crippen LogP contribution in [0.3, 0.4) is 0 Å². The van der Waals surface area contributed by atoms with Gasteiger partial charge in [-0.3, -0.25) is 8.37 Å². The highest BCUT2D eigenvalue weighted by atomic mass is 32.2. The van der Waals surface area contributed by atoms with E-state index in [-0.39, 0.29) is 22.4 Å². The summed E-state index contributed by atoms with van der Waals surface area (Å²) in [5, 5.41) is 0. The number of hydrogen-bond acceptors (Lipinski definition) is 5. The number of hydrogen-bond donors (Lipinski definition) is 0. The Balaban J connectivity index is 0.000000901. The van der Waals surface area contributed by atoms with Gasteiger partial charge in [0.25, 0.3) is 0 Å². The highest BCUT2D eigenvalue weighted by molar-refractivity contribution is 7.90. The third kappa shape index (κ3) is 16.3. The van der Waals surface area contributed by atoms with Crippen molar-refractivity contribution in [3.63, 3.8) is 0 Å². The summed E-state index contributed by atoms with van der Waals surface area (Å²) in [6.07, 6.45) is 24.9. The van der Waals surface area contributed by atoms with E-state index in [9.17, 15) is 0 Å². The number of fused-ring (bicyclic) bond motifs is 1. The van der Waals surface area contributed by atoms with Crippen LogP contribution in [0, 0.1) is 45.3 Å². The molecule has 4 aliphatic carbocycles. The zero-order valence-electron chi connectivity index (χ0n) is 44.5. The van der Waals surface area contributed by atoms with Crippen molar-refractivity contribution < 1.29 is 17.8 Å². The van der Waals surface area contributed by atoms with Gasteiger partial charge < -0.3 is 9.47 Å². The Hall–Kier alpha value is 0.190. The fourth-order valence-electron chi connectivity index (χ4n) is 10.9. The minimum atomic E-state index is -0.0770. The fourth-order valence-corrected chi connectivity index (χ4v) is 11.8. The highest BCUT2D eigenvalue weighted by Crippen LogP contribution is 2.61. The summed E-state index contributed by atoms with van der Waals surface area (Å²) in [6, 6.07) is 0. The summed E-state index contributed by atoms with van der Waals surface area (Å²) in [5.41, 5.74) is 1.48. The normalized spacial score (nSPS) is 33.7. The first kappa shape index (κ1) is 59.2. The third-order valence-electron chi connectivity index (χ3n) is 15.9. The maximum Gasteiger partial charge on any atom is 0.159 e. The number of methoxy groups -OCH3 is 2. The zero-order valence-corrected chi connectivity index (χ0v) is 45.3. The van der Waals surface area contributed by atoms with Crippen LogP contribution in [0.2, 0.25) is 0 Å². The SMILES string of the molecule is CC.CC.CC(C)(C)C1CCC2(CC1)OSOC21CCC(C(C)(C)C)CC1.CCCC.CCCC.COC1(C2(OC)CCC(C(C)(C)C)CC2)CCC(C(C)(C)C)CC1. The lowest BCUT2D eigenvalue weighted by Crippen LogP contribution is -2.60. The number of ether oxygens (including phenoxy) is 2. The van der Waals surface area contributed by atoms with E-state index in [2.05, 4.69) is 111 Å². The van der Waals surface area contributed by atoms with Crippen LogP contribution < -0.4 is 0 Å². The maximum absolute atomic E-state index is 6.27. The first-order chi connectivity index (χ1) is 27.4. The summed E-state index contributed by atoms with van der Waals surface area (Å²) in [5.74, 6) is 3.26. The Morgan fingerprint density at radius 1 is 0.390 bits per heavy atom. The smallest absolute Gasteiger partial charge is 0.159 e. The minimum absolute atomic E-state index is 0.0116. The Kier molecular flexibility index (Phi) is 26.3. The minimum Gasteiger partial charge on any atom is -0.375 e. The van der Waals surface area contributed by atoms with Gasteiger partial charge in [0.1, 0.15) is 11.2 Å². The summed E-state index contributed by atoms with van der Waals surface area (Å²) in [7, 11) is 3.85. The van der Waals surface area contributed by atoms with Crippen molar-refractivity contribution in [1.29, 1.82) is 0 Å². The highest BCUT2D eigenvalue weighted by Gasteiger charge is 2.61. The lowest BCUT2D eigenvalue weighted by Gasteiger charge is -2.56. The van der Waals surface area contributed by atoms with Crippen LogP contribution in [0.5, 0.6) is 0 Å². The molecule has 5 aliphatic rings. The van der Waals surface area contributed by atoms with Crippen LogP contribution >= 0.6 is 12.3 Å². The second kappa shape index (κ2) is 26.2. The second-order valence-electron chi connectivity index (χ2n) is 23.2. The molecule has 356 valence electrons. The van der Waals surface area contributed by atoms with Gasteiger partial charge >= 0.3 is 0 Å². The quantitative estimate of drug-likeness (QED) is 0.258. The molecule has 4 saturated carbocycles. The Bertz CT molecular complexity index is 952. The van der Waals surface area contributed by atoms with Crippen molar-refractivity contribution >= 4 is 12.3 Å². The maximum atomic E-state index is 6.27. The zero-order chi connectivity index (χ0) is 46.0. The van der Waals surface area contributed by atoms with Gasteiger partial charge in [0.05, 0.1) is 11.2 Å². The molecule has 0 bridgehead atoms. The molecule has 1 heterocycles. The third-order valence-corrected chi connectivity index (χ3v) is 16.7. The molecular weight excluding hydrogens is 745 g/mol. The van der Waals surface area contributed by atoms with Gasteiger partial charge in [-0.25, -0.2) is 0 Å². The van der Waals surface area contributed by atoms with Gasteiger partial charge in [-0.2, -0.15) is 0 Å². The average molecular weight is 856 g/mol. The lowest BCUT2D eigenvalue weighted by molar-refractivity contribution is -0.224. The predicted molar refractivity (Wildman–Crippen MR) is 264 cm³/mol. The molecule has 5 heteroatoms. The van der Waals surface area contributed by atoms with Crippen LogP contribution in [0.15, 0.2) is 0 Å². The van der Waals surface area contributed by atoms with Crippen molar-refractivity contribution in [3.8, 4) is 0 Å². The Morgan fingerprint density at radius 2 is 0.576 bits per heavy atom. The summed E-state index contributed by atoms with van der Waals surface area (Å²) in [4.78, 5) is 0. The topological polar surface area (TPSA) is 36.9 Å². The summed E-state index contributed by atoms with van der Waals surface area (Å²) >= 11 is 1.30. The molecule has 0 atom stereocenters. The van der Waals surface area contributed by atoms with E-state index < -0.39 is 0 Å². The molecule has 0 unspecified atom stereocenters. The van der Waals surface area contributed by atoms with Crippen LogP contribution in [0.4, 0.5) is 0 Å². The monoisotopic (exact) mass is 855 g/mol. The van der Waals surface area contributed by atoms with E-state index in [1.807, 2.05) is 41.9 Å². The van der Waals surface area contributed by atoms with Gasteiger partial charge in [-0.05, 0) is 148 Å². The lowest BCUT2D eigenvalue weighted by atomic mass is 9.58. The van der Waals surface area contributed by atoms with Crippen molar-refractivity contribution in [1.82, 2.24) is 0 Å². The number of rotatable bonds is 5. The largest absolute Gasteiger partial charge is 0.375 e. The van der Waals surface area contributed by atoms with Crippen molar-refractivity contribution in [2.24, 2.45) is 45.3 Å². The molecule has 0 N–H and O–H groups in total. The van der Waals surface area contributed by atoms with E-state index in [1.165, 1.54) is 115 Å². The molecule has 0 aromatic carbocycles. The van der Waals surface area contributed by atoms with Crippen LogP contribution in [0.1, 0.15) is 267 Å². The van der Waals surface area contributed by atoms with E-state index in [0.29, 0.717) is 21.7 Å². The van der Waals surface area contributed by atoms with E-state index in [0.717, 1.165) is 49.4 Å². The Labute approximate surface area is 377 Å². The molecule has 1 aliphatic heterocycles. The van der Waals surface area contributed by atoms with Crippen molar-refractivity contribution in [3.05, 3.63) is 0 Å². The second-order valence-corrected chi connectivity index (χ2v) is 23.7. The van der Waals surface area contributed by atoms with Gasteiger partial charge in [0, 0.05) is 14.2 Å². The van der Waals surface area contributed by atoms with Gasteiger partial charge in [-0.1, -0.05) is 164 Å². The molecule has 0 amide bonds. The van der Waals surface area contributed by atoms with Gasteiger partial charge in [-0.15, -0.1) is 0 Å². The van der Waals surface area contributed by atoms with E-state index in [4.69, 9.17) is 17.8 Å². The molecule has 0 aromatic rings. The van der Waals surface area contributed by atoms with Crippen LogP contribution in [-0.2, 0) is 17.8 Å². The molecule has 1 saturated heterocycles. The molecule has 0 aromatic heterocycles. The van der Waals surface area contributed by atoms with Gasteiger partial charge in [0.15, 0.2) is 12.3 Å². The molecular formula is C54H110O4S. The van der Waals surface area contributed by atoms with Gasteiger partial charge in [0.2, 0.25) is 0 Å². The number of unbranched alkanes of at least 4 members (excludes halogenated alkanes) is 2. The first-order valence-electron chi connectivity index (χ1n) is 25.5. The van der Waals surface area contributed by atoms with Crippen molar-refractivity contribution in [2.45, 2.75) is 289 Å². The summed E-state index contributed by atoms with van der Waals surface area (Å²) in [6.45, 7) is 45.4.